The Morgan fingerprint density at radius 3 is 2.87 bits per heavy atom. The SMILES string of the molecule is O=C(NCc1ccnc(-n2ccnc2)c1)NC1(CO)CCCC1. The van der Waals surface area contributed by atoms with E-state index in [1.54, 1.807) is 18.7 Å². The summed E-state index contributed by atoms with van der Waals surface area (Å²) in [6.45, 7) is 0.387. The molecule has 1 aliphatic carbocycles. The molecule has 1 fully saturated rings. The molecule has 3 rings (SSSR count). The van der Waals surface area contributed by atoms with E-state index < -0.39 is 5.54 Å². The van der Waals surface area contributed by atoms with Crippen molar-refractivity contribution in [2.75, 3.05) is 6.61 Å². The predicted molar refractivity (Wildman–Crippen MR) is 85.0 cm³/mol. The minimum atomic E-state index is -0.454. The van der Waals surface area contributed by atoms with Crippen LogP contribution < -0.4 is 10.6 Å². The van der Waals surface area contributed by atoms with Gasteiger partial charge in [-0.25, -0.2) is 14.8 Å². The molecule has 0 saturated heterocycles. The number of aliphatic hydroxyl groups excluding tert-OH is 1. The fourth-order valence-electron chi connectivity index (χ4n) is 2.95. The monoisotopic (exact) mass is 315 g/mol. The number of nitrogens with one attached hydrogen (secondary N) is 2. The fraction of sp³-hybridized carbons (Fsp3) is 0.438. The molecule has 0 bridgehead atoms. The van der Waals surface area contributed by atoms with Crippen molar-refractivity contribution in [3.63, 3.8) is 0 Å². The summed E-state index contributed by atoms with van der Waals surface area (Å²) in [7, 11) is 0. The van der Waals surface area contributed by atoms with E-state index in [1.807, 2.05) is 22.9 Å². The summed E-state index contributed by atoms with van der Waals surface area (Å²) in [5, 5.41) is 15.3. The van der Waals surface area contributed by atoms with Gasteiger partial charge in [0.05, 0.1) is 12.1 Å². The Morgan fingerprint density at radius 2 is 2.17 bits per heavy atom. The van der Waals surface area contributed by atoms with Crippen LogP contribution in [0.1, 0.15) is 31.2 Å². The summed E-state index contributed by atoms with van der Waals surface area (Å²) < 4.78 is 1.81. The summed E-state index contributed by atoms with van der Waals surface area (Å²) in [4.78, 5) is 20.4. The van der Waals surface area contributed by atoms with Gasteiger partial charge in [0.15, 0.2) is 0 Å². The Balaban J connectivity index is 1.58. The highest BCUT2D eigenvalue weighted by atomic mass is 16.3. The minimum absolute atomic E-state index is 0.0134. The highest BCUT2D eigenvalue weighted by Gasteiger charge is 2.34. The molecule has 2 heterocycles. The fourth-order valence-corrected chi connectivity index (χ4v) is 2.95. The van der Waals surface area contributed by atoms with Crippen LogP contribution >= 0.6 is 0 Å². The van der Waals surface area contributed by atoms with Gasteiger partial charge < -0.3 is 15.7 Å². The van der Waals surface area contributed by atoms with E-state index in [-0.39, 0.29) is 12.6 Å². The first-order valence-electron chi connectivity index (χ1n) is 7.81. The summed E-state index contributed by atoms with van der Waals surface area (Å²) in [6.07, 6.45) is 10.6. The third kappa shape index (κ3) is 3.68. The number of amides is 2. The number of pyridine rings is 1. The van der Waals surface area contributed by atoms with Crippen molar-refractivity contribution < 1.29 is 9.90 Å². The molecule has 7 nitrogen and oxygen atoms in total. The van der Waals surface area contributed by atoms with Gasteiger partial charge in [-0.1, -0.05) is 12.8 Å². The highest BCUT2D eigenvalue weighted by molar-refractivity contribution is 5.74. The molecule has 0 spiro atoms. The van der Waals surface area contributed by atoms with E-state index >= 15 is 0 Å². The molecule has 1 aliphatic rings. The third-order valence-corrected chi connectivity index (χ3v) is 4.27. The van der Waals surface area contributed by atoms with Crippen LogP contribution in [-0.4, -0.2) is 37.8 Å². The van der Waals surface area contributed by atoms with Gasteiger partial charge in [-0.2, -0.15) is 0 Å². The average Bonchev–Trinajstić information content (AvgIpc) is 3.25. The highest BCUT2D eigenvalue weighted by Crippen LogP contribution is 2.28. The average molecular weight is 315 g/mol. The van der Waals surface area contributed by atoms with E-state index in [4.69, 9.17) is 0 Å². The molecular weight excluding hydrogens is 294 g/mol. The predicted octanol–water partition coefficient (Wildman–Crippen LogP) is 1.37. The molecule has 0 atom stereocenters. The molecule has 0 aliphatic heterocycles. The molecule has 0 radical (unpaired) electrons. The van der Waals surface area contributed by atoms with E-state index in [9.17, 15) is 9.90 Å². The number of urea groups is 1. The lowest BCUT2D eigenvalue weighted by molar-refractivity contribution is 0.163. The van der Waals surface area contributed by atoms with Crippen molar-refractivity contribution in [1.82, 2.24) is 25.2 Å². The van der Waals surface area contributed by atoms with Crippen LogP contribution in [0.2, 0.25) is 0 Å². The molecule has 23 heavy (non-hydrogen) atoms. The molecule has 3 N–H and O–H groups in total. The van der Waals surface area contributed by atoms with Gasteiger partial charge in [0.2, 0.25) is 0 Å². The summed E-state index contributed by atoms with van der Waals surface area (Å²) >= 11 is 0. The smallest absolute Gasteiger partial charge is 0.315 e. The topological polar surface area (TPSA) is 92.1 Å². The lowest BCUT2D eigenvalue weighted by Crippen LogP contribution is -2.52. The van der Waals surface area contributed by atoms with Gasteiger partial charge in [0, 0.05) is 25.1 Å². The van der Waals surface area contributed by atoms with Crippen molar-refractivity contribution in [3.8, 4) is 5.82 Å². The molecule has 122 valence electrons. The standard InChI is InChI=1S/C16H21N5O2/c22-11-16(4-1-2-5-16)20-15(23)19-10-13-3-6-18-14(9-13)21-8-7-17-12-21/h3,6-9,12,22H,1-2,4-5,10-11H2,(H2,19,20,23). The van der Waals surface area contributed by atoms with Gasteiger partial charge in [0.1, 0.15) is 12.1 Å². The number of carbonyl (C=O) groups excluding carboxylic acids is 1. The third-order valence-electron chi connectivity index (χ3n) is 4.27. The van der Waals surface area contributed by atoms with Crippen molar-refractivity contribution in [1.29, 1.82) is 0 Å². The van der Waals surface area contributed by atoms with Gasteiger partial charge in [-0.05, 0) is 30.5 Å². The number of hydrogen-bond donors (Lipinski definition) is 3. The Morgan fingerprint density at radius 1 is 1.35 bits per heavy atom. The van der Waals surface area contributed by atoms with Crippen LogP contribution in [0.4, 0.5) is 4.79 Å². The molecule has 0 aromatic carbocycles. The molecule has 7 heteroatoms. The van der Waals surface area contributed by atoms with Crippen molar-refractivity contribution >= 4 is 6.03 Å². The quantitative estimate of drug-likeness (QED) is 0.777. The number of aliphatic hydroxyl groups is 1. The minimum Gasteiger partial charge on any atom is -0.394 e. The van der Waals surface area contributed by atoms with Crippen molar-refractivity contribution in [2.45, 2.75) is 37.8 Å². The first-order chi connectivity index (χ1) is 11.2. The second-order valence-corrected chi connectivity index (χ2v) is 5.95. The van der Waals surface area contributed by atoms with Crippen LogP contribution in [0, 0.1) is 0 Å². The molecule has 0 unspecified atom stereocenters. The van der Waals surface area contributed by atoms with E-state index in [1.165, 1.54) is 0 Å². The maximum absolute atomic E-state index is 12.1. The zero-order valence-corrected chi connectivity index (χ0v) is 12.9. The number of imidazole rings is 1. The number of aromatic nitrogens is 3. The zero-order valence-electron chi connectivity index (χ0n) is 12.9. The largest absolute Gasteiger partial charge is 0.394 e. The van der Waals surface area contributed by atoms with Crippen molar-refractivity contribution in [2.24, 2.45) is 0 Å². The molecule has 2 aromatic rings. The zero-order chi connectivity index (χ0) is 16.1. The van der Waals surface area contributed by atoms with Crippen molar-refractivity contribution in [3.05, 3.63) is 42.6 Å². The van der Waals surface area contributed by atoms with Crippen LogP contribution in [0.25, 0.3) is 5.82 Å². The number of rotatable bonds is 5. The molecule has 2 amide bonds. The summed E-state index contributed by atoms with van der Waals surface area (Å²) in [5.74, 6) is 0.754. The Bertz CT molecular complexity index is 650. The summed E-state index contributed by atoms with van der Waals surface area (Å²) in [6, 6.07) is 3.51. The number of nitrogens with zero attached hydrogens (tertiary/aromatic N) is 3. The van der Waals surface area contributed by atoms with Gasteiger partial charge in [0.25, 0.3) is 0 Å². The maximum Gasteiger partial charge on any atom is 0.315 e. The van der Waals surface area contributed by atoms with E-state index in [2.05, 4.69) is 20.6 Å². The van der Waals surface area contributed by atoms with Crippen LogP contribution in [0.15, 0.2) is 37.1 Å². The van der Waals surface area contributed by atoms with Crippen LogP contribution in [0.3, 0.4) is 0 Å². The Hall–Kier alpha value is -2.41. The molecule has 2 aromatic heterocycles. The van der Waals surface area contributed by atoms with Gasteiger partial charge >= 0.3 is 6.03 Å². The van der Waals surface area contributed by atoms with Gasteiger partial charge in [-0.15, -0.1) is 0 Å². The van der Waals surface area contributed by atoms with E-state index in [0.717, 1.165) is 37.1 Å². The lowest BCUT2D eigenvalue weighted by Gasteiger charge is -2.28. The van der Waals surface area contributed by atoms with Crippen LogP contribution in [-0.2, 0) is 6.54 Å². The maximum atomic E-state index is 12.1. The lowest BCUT2D eigenvalue weighted by atomic mass is 9.99. The van der Waals surface area contributed by atoms with E-state index in [0.29, 0.717) is 6.54 Å². The van der Waals surface area contributed by atoms with Gasteiger partial charge in [-0.3, -0.25) is 4.57 Å². The first-order valence-corrected chi connectivity index (χ1v) is 7.81. The molecular formula is C16H21N5O2. The number of hydrogen-bond acceptors (Lipinski definition) is 4. The normalized spacial score (nSPS) is 16.2. The first kappa shape index (κ1) is 15.5. The second kappa shape index (κ2) is 6.78. The Labute approximate surface area is 134 Å². The van der Waals surface area contributed by atoms with Crippen LogP contribution in [0.5, 0.6) is 0 Å². The number of carbonyl (C=O) groups is 1. The molecule has 1 saturated carbocycles. The Kier molecular flexibility index (Phi) is 4.57. The summed E-state index contributed by atoms with van der Waals surface area (Å²) in [5.41, 5.74) is 0.493. The second-order valence-electron chi connectivity index (χ2n) is 5.95.